The van der Waals surface area contributed by atoms with E-state index < -0.39 is 0 Å². The first-order valence-electron chi connectivity index (χ1n) is 5.11. The van der Waals surface area contributed by atoms with Gasteiger partial charge in [-0.2, -0.15) is 0 Å². The Labute approximate surface area is 85.7 Å². The maximum Gasteiger partial charge on any atom is 0.220 e. The van der Waals surface area contributed by atoms with Crippen molar-refractivity contribution in [1.29, 1.82) is 0 Å². The van der Waals surface area contributed by atoms with Crippen molar-refractivity contribution in [2.24, 2.45) is 0 Å². The average molecular weight is 192 g/mol. The topological polar surface area (TPSA) is 9.23 Å². The quantitative estimate of drug-likeness (QED) is 0.619. The predicted octanol–water partition coefficient (Wildman–Crippen LogP) is 2.10. The van der Waals surface area contributed by atoms with Gasteiger partial charge >= 0.3 is 0 Å². The van der Waals surface area contributed by atoms with Gasteiger partial charge < -0.3 is 4.74 Å². The third-order valence-electron chi connectivity index (χ3n) is 3.03. The fraction of sp³-hybridized carbons (Fsp3) is 0.500. The van der Waals surface area contributed by atoms with E-state index in [9.17, 15) is 0 Å². The molecule has 1 fully saturated rings. The van der Waals surface area contributed by atoms with Crippen LogP contribution in [0.2, 0.25) is 0 Å². The van der Waals surface area contributed by atoms with Crippen LogP contribution >= 0.6 is 0 Å². The third kappa shape index (κ3) is 1.56. The van der Waals surface area contributed by atoms with Crippen LogP contribution in [0.1, 0.15) is 17.4 Å². The lowest BCUT2D eigenvalue weighted by atomic mass is 10.1. The molecule has 1 aliphatic rings. The third-order valence-corrected chi connectivity index (χ3v) is 3.03. The van der Waals surface area contributed by atoms with E-state index in [2.05, 4.69) is 45.3 Å². The molecule has 0 N–H and O–H groups in total. The summed E-state index contributed by atoms with van der Waals surface area (Å²) in [4.78, 5) is 0. The average Bonchev–Trinajstić information content (AvgIpc) is 2.46. The van der Waals surface area contributed by atoms with E-state index in [0.29, 0.717) is 0 Å². The van der Waals surface area contributed by atoms with E-state index >= 15 is 0 Å². The molecule has 1 atom stereocenters. The summed E-state index contributed by atoms with van der Waals surface area (Å²) in [6.07, 6.45) is 0.219. The van der Waals surface area contributed by atoms with Gasteiger partial charge in [-0.15, -0.1) is 0 Å². The molecule has 0 radical (unpaired) electrons. The van der Waals surface area contributed by atoms with Gasteiger partial charge in [-0.3, -0.25) is 4.48 Å². The molecule has 1 saturated heterocycles. The Bertz CT molecular complexity index is 333. The Hall–Kier alpha value is -0.860. The lowest BCUT2D eigenvalue weighted by Gasteiger charge is -2.30. The summed E-state index contributed by atoms with van der Waals surface area (Å²) >= 11 is 0. The molecule has 1 unspecified atom stereocenters. The lowest BCUT2D eigenvalue weighted by Crippen LogP contribution is -2.39. The van der Waals surface area contributed by atoms with Crippen molar-refractivity contribution in [3.8, 4) is 0 Å². The van der Waals surface area contributed by atoms with Crippen LogP contribution in [0, 0.1) is 6.92 Å². The summed E-state index contributed by atoms with van der Waals surface area (Å²) < 4.78 is 6.74. The van der Waals surface area contributed by atoms with E-state index in [1.165, 1.54) is 11.1 Å². The van der Waals surface area contributed by atoms with Gasteiger partial charge in [0.1, 0.15) is 13.2 Å². The predicted molar refractivity (Wildman–Crippen MR) is 56.8 cm³/mol. The van der Waals surface area contributed by atoms with Gasteiger partial charge in [-0.05, 0) is 12.5 Å². The minimum Gasteiger partial charge on any atom is -0.319 e. The number of rotatable bonds is 1. The van der Waals surface area contributed by atoms with Crippen LogP contribution in [0.15, 0.2) is 24.3 Å². The fourth-order valence-corrected chi connectivity index (χ4v) is 2.05. The van der Waals surface area contributed by atoms with Gasteiger partial charge in [0.2, 0.25) is 6.23 Å². The highest BCUT2D eigenvalue weighted by molar-refractivity contribution is 5.26. The molecule has 76 valence electrons. The smallest absolute Gasteiger partial charge is 0.220 e. The lowest BCUT2D eigenvalue weighted by molar-refractivity contribution is -0.920. The number of likely N-dealkylation sites (N-methyl/N-ethyl adjacent to an activating group) is 1. The summed E-state index contributed by atoms with van der Waals surface area (Å²) in [5.41, 5.74) is 2.65. The van der Waals surface area contributed by atoms with E-state index in [-0.39, 0.29) is 6.23 Å². The fourth-order valence-electron chi connectivity index (χ4n) is 2.05. The number of nitrogens with zero attached hydrogens (tertiary/aromatic N) is 1. The summed E-state index contributed by atoms with van der Waals surface area (Å²) in [5.74, 6) is 0. The minimum absolute atomic E-state index is 0.219. The zero-order chi connectivity index (χ0) is 10.2. The number of hydrogen-bond donors (Lipinski definition) is 0. The molecule has 1 aromatic rings. The van der Waals surface area contributed by atoms with Gasteiger partial charge in [0.25, 0.3) is 0 Å². The molecule has 1 heterocycles. The normalized spacial score (nSPS) is 25.2. The first kappa shape index (κ1) is 9.69. The van der Waals surface area contributed by atoms with Gasteiger partial charge in [0.15, 0.2) is 0 Å². The monoisotopic (exact) mass is 192 g/mol. The molecule has 0 bridgehead atoms. The highest BCUT2D eigenvalue weighted by Crippen LogP contribution is 2.32. The first-order chi connectivity index (χ1) is 6.61. The molecule has 1 aromatic carbocycles. The largest absolute Gasteiger partial charge is 0.319 e. The molecule has 0 aliphatic carbocycles. The summed E-state index contributed by atoms with van der Waals surface area (Å²) in [6, 6.07) is 8.49. The number of benzene rings is 1. The summed E-state index contributed by atoms with van der Waals surface area (Å²) in [7, 11) is 4.45. The van der Waals surface area contributed by atoms with E-state index in [4.69, 9.17) is 4.74 Å². The number of aryl methyl sites for hydroxylation is 1. The van der Waals surface area contributed by atoms with Gasteiger partial charge in [0.05, 0.1) is 14.1 Å². The van der Waals surface area contributed by atoms with Gasteiger partial charge in [-0.25, -0.2) is 0 Å². The molecule has 0 amide bonds. The summed E-state index contributed by atoms with van der Waals surface area (Å²) in [6.45, 7) is 4.11. The molecule has 2 heteroatoms. The maximum atomic E-state index is 5.81. The van der Waals surface area contributed by atoms with Crippen molar-refractivity contribution in [2.45, 2.75) is 13.2 Å². The van der Waals surface area contributed by atoms with Crippen molar-refractivity contribution in [3.63, 3.8) is 0 Å². The Morgan fingerprint density at radius 1 is 1.29 bits per heavy atom. The van der Waals surface area contributed by atoms with Crippen LogP contribution in [0.25, 0.3) is 0 Å². The van der Waals surface area contributed by atoms with E-state index in [0.717, 1.165) is 17.6 Å². The molecule has 14 heavy (non-hydrogen) atoms. The Morgan fingerprint density at radius 3 is 2.57 bits per heavy atom. The Kier molecular flexibility index (Phi) is 2.33. The van der Waals surface area contributed by atoms with Crippen molar-refractivity contribution in [3.05, 3.63) is 35.4 Å². The second-order valence-electron chi connectivity index (χ2n) is 4.58. The van der Waals surface area contributed by atoms with Crippen LogP contribution in [0.5, 0.6) is 0 Å². The molecule has 0 spiro atoms. The SMILES string of the molecule is Cc1ccccc1C1OCC[N+]1(C)C. The van der Waals surface area contributed by atoms with Gasteiger partial charge in [-0.1, -0.05) is 24.3 Å². The summed E-state index contributed by atoms with van der Waals surface area (Å²) in [5, 5.41) is 0. The molecule has 1 aliphatic heterocycles. The molecule has 2 rings (SSSR count). The number of hydrogen-bond acceptors (Lipinski definition) is 1. The van der Waals surface area contributed by atoms with Crippen molar-refractivity contribution >= 4 is 0 Å². The van der Waals surface area contributed by atoms with Crippen LogP contribution in [-0.4, -0.2) is 31.7 Å². The second-order valence-corrected chi connectivity index (χ2v) is 4.58. The van der Waals surface area contributed by atoms with Crippen LogP contribution < -0.4 is 0 Å². The van der Waals surface area contributed by atoms with Crippen LogP contribution in [-0.2, 0) is 4.74 Å². The standard InChI is InChI=1S/C12H18NO/c1-10-6-4-5-7-11(10)12-13(2,3)8-9-14-12/h4-7,12H,8-9H2,1-3H3/q+1. The Balaban J connectivity index is 2.36. The molecule has 0 aromatic heterocycles. The van der Waals surface area contributed by atoms with E-state index in [1.807, 2.05) is 0 Å². The second kappa shape index (κ2) is 3.37. The first-order valence-corrected chi connectivity index (χ1v) is 5.11. The number of quaternary nitrogens is 1. The molecule has 2 nitrogen and oxygen atoms in total. The van der Waals surface area contributed by atoms with Crippen molar-refractivity contribution in [2.75, 3.05) is 27.2 Å². The van der Waals surface area contributed by atoms with Crippen LogP contribution in [0.4, 0.5) is 0 Å². The molecular formula is C12H18NO+. The van der Waals surface area contributed by atoms with Gasteiger partial charge in [0, 0.05) is 5.56 Å². The highest BCUT2D eigenvalue weighted by Gasteiger charge is 2.36. The highest BCUT2D eigenvalue weighted by atomic mass is 16.5. The maximum absolute atomic E-state index is 5.81. The Morgan fingerprint density at radius 2 is 2.00 bits per heavy atom. The molecule has 0 saturated carbocycles. The minimum atomic E-state index is 0.219. The van der Waals surface area contributed by atoms with Crippen molar-refractivity contribution < 1.29 is 9.22 Å². The van der Waals surface area contributed by atoms with Crippen molar-refractivity contribution in [1.82, 2.24) is 0 Å². The molecular weight excluding hydrogens is 174 g/mol. The van der Waals surface area contributed by atoms with Crippen LogP contribution in [0.3, 0.4) is 0 Å². The number of ether oxygens (including phenoxy) is 1. The zero-order valence-corrected chi connectivity index (χ0v) is 9.16. The van der Waals surface area contributed by atoms with E-state index in [1.54, 1.807) is 0 Å². The zero-order valence-electron chi connectivity index (χ0n) is 9.16.